The van der Waals surface area contributed by atoms with Crippen molar-refractivity contribution in [2.24, 2.45) is 11.3 Å². The lowest BCUT2D eigenvalue weighted by Gasteiger charge is -2.28. The predicted octanol–water partition coefficient (Wildman–Crippen LogP) is 2.36. The zero-order valence-electron chi connectivity index (χ0n) is 13.9. The molecule has 6 nitrogen and oxygen atoms in total. The molecule has 2 amide bonds. The minimum atomic E-state index is -0.962. The van der Waals surface area contributed by atoms with Crippen LogP contribution in [0, 0.1) is 17.2 Å². The lowest BCUT2D eigenvalue weighted by Crippen LogP contribution is -2.40. The van der Waals surface area contributed by atoms with E-state index < -0.39 is 23.1 Å². The standard InChI is InChI=1S/C17H21FN2O4/c1-10(2)17(16(23)24)6-7-20(9-17)15(22)12-4-5-13(18)14(8-12)19-11(3)21/h4-5,8,10H,6-7,9H2,1-3H3,(H,19,21)(H,23,24). The van der Waals surface area contributed by atoms with Gasteiger partial charge in [-0.25, -0.2) is 4.39 Å². The fourth-order valence-electron chi connectivity index (χ4n) is 3.03. The number of aliphatic carboxylic acids is 1. The maximum atomic E-state index is 13.7. The van der Waals surface area contributed by atoms with Gasteiger partial charge in [0, 0.05) is 25.6 Å². The number of hydrogen-bond donors (Lipinski definition) is 2. The highest BCUT2D eigenvalue weighted by molar-refractivity contribution is 5.97. The van der Waals surface area contributed by atoms with Gasteiger partial charge in [-0.15, -0.1) is 0 Å². The molecule has 130 valence electrons. The number of halogens is 1. The number of amides is 2. The van der Waals surface area contributed by atoms with E-state index in [0.29, 0.717) is 13.0 Å². The highest BCUT2D eigenvalue weighted by Crippen LogP contribution is 2.38. The first-order valence-electron chi connectivity index (χ1n) is 7.77. The second-order valence-electron chi connectivity index (χ2n) is 6.47. The van der Waals surface area contributed by atoms with E-state index in [-0.39, 0.29) is 29.6 Å². The van der Waals surface area contributed by atoms with Crippen molar-refractivity contribution >= 4 is 23.5 Å². The number of carboxylic acids is 1. The third-order valence-corrected chi connectivity index (χ3v) is 4.64. The summed E-state index contributed by atoms with van der Waals surface area (Å²) < 4.78 is 13.7. The van der Waals surface area contributed by atoms with Crippen LogP contribution in [0.4, 0.5) is 10.1 Å². The SMILES string of the molecule is CC(=O)Nc1cc(C(=O)N2CCC(C(=O)O)(C(C)C)C2)ccc1F. The van der Waals surface area contributed by atoms with Gasteiger partial charge in [-0.2, -0.15) is 0 Å². The van der Waals surface area contributed by atoms with Crippen molar-refractivity contribution in [2.75, 3.05) is 18.4 Å². The summed E-state index contributed by atoms with van der Waals surface area (Å²) in [6, 6.07) is 3.72. The van der Waals surface area contributed by atoms with Gasteiger partial charge in [0.05, 0.1) is 11.1 Å². The second kappa shape index (κ2) is 6.59. The van der Waals surface area contributed by atoms with Crippen molar-refractivity contribution in [1.82, 2.24) is 4.90 Å². The molecule has 0 saturated carbocycles. The molecule has 0 bridgehead atoms. The first kappa shape index (κ1) is 17.9. The van der Waals surface area contributed by atoms with Gasteiger partial charge >= 0.3 is 5.97 Å². The molecule has 1 fully saturated rings. The number of benzene rings is 1. The van der Waals surface area contributed by atoms with Crippen LogP contribution < -0.4 is 5.32 Å². The van der Waals surface area contributed by atoms with Crippen LogP contribution in [-0.2, 0) is 9.59 Å². The average molecular weight is 336 g/mol. The normalized spacial score (nSPS) is 20.3. The van der Waals surface area contributed by atoms with E-state index in [1.54, 1.807) is 0 Å². The summed E-state index contributed by atoms with van der Waals surface area (Å²) in [4.78, 5) is 36.9. The zero-order valence-corrected chi connectivity index (χ0v) is 13.9. The Morgan fingerprint density at radius 1 is 1.33 bits per heavy atom. The fraction of sp³-hybridized carbons (Fsp3) is 0.471. The topological polar surface area (TPSA) is 86.7 Å². The molecule has 2 N–H and O–H groups in total. The zero-order chi connectivity index (χ0) is 18.1. The van der Waals surface area contributed by atoms with Gasteiger partial charge < -0.3 is 15.3 Å². The van der Waals surface area contributed by atoms with E-state index in [9.17, 15) is 23.9 Å². The van der Waals surface area contributed by atoms with Gasteiger partial charge in [-0.05, 0) is 30.5 Å². The monoisotopic (exact) mass is 336 g/mol. The van der Waals surface area contributed by atoms with Crippen molar-refractivity contribution in [3.63, 3.8) is 0 Å². The Bertz CT molecular complexity index is 689. The summed E-state index contributed by atoms with van der Waals surface area (Å²) in [5, 5.41) is 11.9. The molecule has 1 aliphatic heterocycles. The highest BCUT2D eigenvalue weighted by Gasteiger charge is 2.48. The molecule has 1 aliphatic rings. The van der Waals surface area contributed by atoms with Gasteiger partial charge in [0.1, 0.15) is 5.82 Å². The molecule has 0 radical (unpaired) electrons. The molecule has 1 aromatic carbocycles. The number of hydrogen-bond acceptors (Lipinski definition) is 3. The molecule has 0 aromatic heterocycles. The van der Waals surface area contributed by atoms with Crippen LogP contribution in [0.15, 0.2) is 18.2 Å². The largest absolute Gasteiger partial charge is 0.481 e. The van der Waals surface area contributed by atoms with Gasteiger partial charge in [0.15, 0.2) is 0 Å². The lowest BCUT2D eigenvalue weighted by atomic mass is 9.76. The van der Waals surface area contributed by atoms with Crippen molar-refractivity contribution in [1.29, 1.82) is 0 Å². The Morgan fingerprint density at radius 3 is 2.50 bits per heavy atom. The Morgan fingerprint density at radius 2 is 2.00 bits per heavy atom. The number of carboxylic acid groups (broad SMARTS) is 1. The number of carbonyl (C=O) groups excluding carboxylic acids is 2. The molecule has 7 heteroatoms. The van der Waals surface area contributed by atoms with E-state index in [1.165, 1.54) is 24.0 Å². The second-order valence-corrected chi connectivity index (χ2v) is 6.47. The Kier molecular flexibility index (Phi) is 4.91. The molecule has 2 rings (SSSR count). The molecule has 0 spiro atoms. The smallest absolute Gasteiger partial charge is 0.311 e. The van der Waals surface area contributed by atoms with Crippen LogP contribution in [0.1, 0.15) is 37.6 Å². The van der Waals surface area contributed by atoms with Crippen LogP contribution in [0.25, 0.3) is 0 Å². The molecule has 0 aliphatic carbocycles. The summed E-state index contributed by atoms with van der Waals surface area (Å²) >= 11 is 0. The van der Waals surface area contributed by atoms with E-state index in [2.05, 4.69) is 5.32 Å². The fourth-order valence-corrected chi connectivity index (χ4v) is 3.03. The van der Waals surface area contributed by atoms with E-state index in [4.69, 9.17) is 0 Å². The van der Waals surface area contributed by atoms with Crippen molar-refractivity contribution < 1.29 is 23.9 Å². The van der Waals surface area contributed by atoms with E-state index in [0.717, 1.165) is 6.07 Å². The van der Waals surface area contributed by atoms with Crippen LogP contribution in [0.2, 0.25) is 0 Å². The van der Waals surface area contributed by atoms with Gasteiger partial charge in [0.25, 0.3) is 5.91 Å². The minimum Gasteiger partial charge on any atom is -0.481 e. The summed E-state index contributed by atoms with van der Waals surface area (Å²) in [7, 11) is 0. The summed E-state index contributed by atoms with van der Waals surface area (Å²) in [5.41, 5.74) is -0.818. The maximum absolute atomic E-state index is 13.7. The quantitative estimate of drug-likeness (QED) is 0.884. The molecule has 1 atom stereocenters. The van der Waals surface area contributed by atoms with Gasteiger partial charge in [0.2, 0.25) is 5.91 Å². The molecule has 1 heterocycles. The average Bonchev–Trinajstić information content (AvgIpc) is 2.95. The maximum Gasteiger partial charge on any atom is 0.311 e. The molecular formula is C17H21FN2O4. The number of nitrogens with one attached hydrogen (secondary N) is 1. The molecular weight excluding hydrogens is 315 g/mol. The van der Waals surface area contributed by atoms with Gasteiger partial charge in [-0.1, -0.05) is 13.8 Å². The van der Waals surface area contributed by atoms with Crippen LogP contribution in [0.5, 0.6) is 0 Å². The number of nitrogens with zero attached hydrogens (tertiary/aromatic N) is 1. The molecule has 1 unspecified atom stereocenters. The molecule has 1 saturated heterocycles. The van der Waals surface area contributed by atoms with Crippen molar-refractivity contribution in [3.05, 3.63) is 29.6 Å². The number of rotatable bonds is 4. The summed E-state index contributed by atoms with van der Waals surface area (Å²) in [6.45, 7) is 5.35. The van der Waals surface area contributed by atoms with E-state index >= 15 is 0 Å². The third-order valence-electron chi connectivity index (χ3n) is 4.64. The third kappa shape index (κ3) is 3.25. The summed E-state index contributed by atoms with van der Waals surface area (Å²) in [6.07, 6.45) is 0.380. The summed E-state index contributed by atoms with van der Waals surface area (Å²) in [5.74, 6) is -2.47. The van der Waals surface area contributed by atoms with Crippen molar-refractivity contribution in [2.45, 2.75) is 27.2 Å². The first-order chi connectivity index (χ1) is 11.2. The Labute approximate surface area is 139 Å². The Hall–Kier alpha value is -2.44. The predicted molar refractivity (Wildman–Crippen MR) is 86.1 cm³/mol. The molecule has 24 heavy (non-hydrogen) atoms. The minimum absolute atomic E-state index is 0.0686. The van der Waals surface area contributed by atoms with Crippen LogP contribution >= 0.6 is 0 Å². The van der Waals surface area contributed by atoms with Crippen molar-refractivity contribution in [3.8, 4) is 0 Å². The molecule has 1 aromatic rings. The van der Waals surface area contributed by atoms with Crippen LogP contribution in [0.3, 0.4) is 0 Å². The van der Waals surface area contributed by atoms with Crippen LogP contribution in [-0.4, -0.2) is 40.9 Å². The number of carbonyl (C=O) groups is 3. The van der Waals surface area contributed by atoms with Gasteiger partial charge in [-0.3, -0.25) is 14.4 Å². The number of likely N-dealkylation sites (tertiary alicyclic amines) is 1. The highest BCUT2D eigenvalue weighted by atomic mass is 19.1. The van der Waals surface area contributed by atoms with E-state index in [1.807, 2.05) is 13.8 Å². The first-order valence-corrected chi connectivity index (χ1v) is 7.77. The number of anilines is 1. The lowest BCUT2D eigenvalue weighted by molar-refractivity contribution is -0.150. The Balaban J connectivity index is 2.24.